The molecule has 0 spiro atoms. The molecule has 0 unspecified atom stereocenters. The van der Waals surface area contributed by atoms with E-state index < -0.39 is 5.82 Å². The van der Waals surface area contributed by atoms with Gasteiger partial charge in [0.2, 0.25) is 0 Å². The summed E-state index contributed by atoms with van der Waals surface area (Å²) in [6.45, 7) is 1.93. The predicted molar refractivity (Wildman–Crippen MR) is 144 cm³/mol. The Labute approximate surface area is 223 Å². The molecule has 9 nitrogen and oxygen atoms in total. The number of aromatic nitrogens is 3. The van der Waals surface area contributed by atoms with Crippen molar-refractivity contribution in [3.05, 3.63) is 87.7 Å². The number of aromatic hydroxyl groups is 1. The van der Waals surface area contributed by atoms with Crippen molar-refractivity contribution in [1.82, 2.24) is 20.1 Å². The molecule has 2 aliphatic rings. The Morgan fingerprint density at radius 3 is 2.59 bits per heavy atom. The number of nitrogens with zero attached hydrogens (tertiary/aromatic N) is 4. The molecule has 1 saturated carbocycles. The minimum atomic E-state index is -0.582. The summed E-state index contributed by atoms with van der Waals surface area (Å²) in [6, 6.07) is 13.2. The summed E-state index contributed by atoms with van der Waals surface area (Å²) in [5.74, 6) is 0.549. The second-order valence-corrected chi connectivity index (χ2v) is 10.0. The molecule has 1 aliphatic heterocycles. The van der Waals surface area contributed by atoms with Crippen LogP contribution in [0.25, 0.3) is 10.8 Å². The first-order chi connectivity index (χ1) is 18.9. The lowest BCUT2D eigenvalue weighted by Crippen LogP contribution is -2.49. The number of fused-ring (bicyclic) bond motifs is 1. The van der Waals surface area contributed by atoms with Crippen LogP contribution in [0.2, 0.25) is 0 Å². The molecular weight excluding hydrogens is 501 g/mol. The maximum atomic E-state index is 14.8. The van der Waals surface area contributed by atoms with Crippen LogP contribution in [0, 0.1) is 5.82 Å². The van der Waals surface area contributed by atoms with E-state index in [2.05, 4.69) is 15.2 Å². The van der Waals surface area contributed by atoms with Crippen LogP contribution in [-0.2, 0) is 6.42 Å². The number of carbonyl (C=O) groups is 1. The van der Waals surface area contributed by atoms with Crippen molar-refractivity contribution in [2.75, 3.05) is 31.1 Å². The number of halogens is 1. The zero-order valence-electron chi connectivity index (χ0n) is 21.3. The highest BCUT2D eigenvalue weighted by molar-refractivity contribution is 5.95. The van der Waals surface area contributed by atoms with E-state index >= 15 is 0 Å². The molecule has 1 aliphatic carbocycles. The van der Waals surface area contributed by atoms with Crippen molar-refractivity contribution in [2.24, 2.45) is 0 Å². The lowest BCUT2D eigenvalue weighted by molar-refractivity contribution is 0.0741. The Balaban J connectivity index is 1.20. The lowest BCUT2D eigenvalue weighted by atomic mass is 9.96. The quantitative estimate of drug-likeness (QED) is 0.392. The van der Waals surface area contributed by atoms with E-state index in [4.69, 9.17) is 4.74 Å². The van der Waals surface area contributed by atoms with E-state index in [1.165, 1.54) is 12.3 Å². The molecule has 2 aromatic carbocycles. The summed E-state index contributed by atoms with van der Waals surface area (Å²) in [5, 5.41) is 17.5. The molecular formula is C29H28FN5O4. The Morgan fingerprint density at radius 2 is 1.87 bits per heavy atom. The predicted octanol–water partition coefficient (Wildman–Crippen LogP) is 3.65. The number of amides is 1. The zero-order valence-corrected chi connectivity index (χ0v) is 21.3. The highest BCUT2D eigenvalue weighted by atomic mass is 19.1. The van der Waals surface area contributed by atoms with Crippen LogP contribution in [0.5, 0.6) is 11.5 Å². The van der Waals surface area contributed by atoms with Gasteiger partial charge in [0.05, 0.1) is 28.9 Å². The molecule has 2 fully saturated rings. The Bertz CT molecular complexity index is 1580. The van der Waals surface area contributed by atoms with E-state index in [1.54, 1.807) is 41.3 Å². The molecule has 1 saturated heterocycles. The number of hydrogen-bond acceptors (Lipinski definition) is 7. The van der Waals surface area contributed by atoms with Gasteiger partial charge in [0, 0.05) is 38.0 Å². The standard InChI is InChI=1S/C29H28FN5O4/c30-25-8-4-18(14-24(25)29(38)35-12-10-34(11-13-35)27-9-5-19(36)17-31-27)15-26-23-16-21(39-20-2-1-3-20)6-7-22(23)28(37)33-32-26/h4-9,14,16-17,20,36H,1-3,10-13,15H2,(H,33,37). The average Bonchev–Trinajstić information content (AvgIpc) is 2.93. The molecule has 0 bridgehead atoms. The Kier molecular flexibility index (Phi) is 6.60. The number of hydrogen-bond donors (Lipinski definition) is 2. The van der Waals surface area contributed by atoms with Gasteiger partial charge in [-0.05, 0) is 67.3 Å². The SMILES string of the molecule is O=C(c1cc(Cc2n[nH]c(=O)c3ccc(OC4CCC4)cc23)ccc1F)N1CCN(c2ccc(O)cn2)CC1. The summed E-state index contributed by atoms with van der Waals surface area (Å²) < 4.78 is 20.9. The topological polar surface area (TPSA) is 112 Å². The number of nitrogens with one attached hydrogen (secondary N) is 1. The van der Waals surface area contributed by atoms with Gasteiger partial charge in [0.25, 0.3) is 11.5 Å². The molecule has 10 heteroatoms. The average molecular weight is 530 g/mol. The van der Waals surface area contributed by atoms with Crippen molar-refractivity contribution < 1.29 is 19.0 Å². The first-order valence-electron chi connectivity index (χ1n) is 13.1. The maximum Gasteiger partial charge on any atom is 0.272 e. The number of benzene rings is 2. The molecule has 2 aromatic heterocycles. The Morgan fingerprint density at radius 1 is 1.05 bits per heavy atom. The van der Waals surface area contributed by atoms with Gasteiger partial charge in [-0.25, -0.2) is 14.5 Å². The molecule has 0 radical (unpaired) electrons. The van der Waals surface area contributed by atoms with Gasteiger partial charge in [-0.15, -0.1) is 0 Å². The van der Waals surface area contributed by atoms with Crippen LogP contribution in [-0.4, -0.2) is 63.4 Å². The second-order valence-electron chi connectivity index (χ2n) is 10.0. The molecule has 4 aromatic rings. The van der Waals surface area contributed by atoms with E-state index in [9.17, 15) is 19.1 Å². The fraction of sp³-hybridized carbons (Fsp3) is 0.310. The third-order valence-electron chi connectivity index (χ3n) is 7.45. The fourth-order valence-corrected chi connectivity index (χ4v) is 5.00. The van der Waals surface area contributed by atoms with Gasteiger partial charge < -0.3 is 19.6 Å². The molecule has 6 rings (SSSR count). The van der Waals surface area contributed by atoms with Gasteiger partial charge in [-0.3, -0.25) is 9.59 Å². The van der Waals surface area contributed by atoms with Crippen molar-refractivity contribution >= 4 is 22.5 Å². The number of rotatable bonds is 6. The highest BCUT2D eigenvalue weighted by Gasteiger charge is 2.25. The highest BCUT2D eigenvalue weighted by Crippen LogP contribution is 2.28. The zero-order chi connectivity index (χ0) is 26.9. The molecule has 2 N–H and O–H groups in total. The number of ether oxygens (including phenoxy) is 1. The summed E-state index contributed by atoms with van der Waals surface area (Å²) in [5.41, 5.74) is 1.04. The molecule has 1 amide bonds. The van der Waals surface area contributed by atoms with E-state index in [0.717, 1.165) is 25.1 Å². The van der Waals surface area contributed by atoms with Crippen molar-refractivity contribution in [2.45, 2.75) is 31.8 Å². The van der Waals surface area contributed by atoms with E-state index in [0.29, 0.717) is 60.4 Å². The minimum absolute atomic E-state index is 0.00597. The van der Waals surface area contributed by atoms with Crippen LogP contribution >= 0.6 is 0 Å². The van der Waals surface area contributed by atoms with Crippen molar-refractivity contribution in [1.29, 1.82) is 0 Å². The minimum Gasteiger partial charge on any atom is -0.506 e. The third kappa shape index (κ3) is 5.14. The number of piperazine rings is 1. The third-order valence-corrected chi connectivity index (χ3v) is 7.45. The maximum absolute atomic E-state index is 14.8. The van der Waals surface area contributed by atoms with Gasteiger partial charge in [-0.2, -0.15) is 5.10 Å². The number of anilines is 1. The van der Waals surface area contributed by atoms with Crippen LogP contribution in [0.15, 0.2) is 59.5 Å². The van der Waals surface area contributed by atoms with Crippen LogP contribution < -0.4 is 15.2 Å². The first-order valence-corrected chi connectivity index (χ1v) is 13.1. The summed E-state index contributed by atoms with van der Waals surface area (Å²) in [6.07, 6.45) is 5.09. The summed E-state index contributed by atoms with van der Waals surface area (Å²) >= 11 is 0. The molecule has 0 atom stereocenters. The number of carbonyl (C=O) groups excluding carboxylic acids is 1. The largest absolute Gasteiger partial charge is 0.506 e. The van der Waals surface area contributed by atoms with Crippen LogP contribution in [0.1, 0.15) is 40.9 Å². The van der Waals surface area contributed by atoms with Gasteiger partial charge in [0.1, 0.15) is 23.1 Å². The van der Waals surface area contributed by atoms with Gasteiger partial charge in [0.15, 0.2) is 0 Å². The Hall–Kier alpha value is -4.47. The summed E-state index contributed by atoms with van der Waals surface area (Å²) in [4.78, 5) is 33.6. The molecule has 39 heavy (non-hydrogen) atoms. The summed E-state index contributed by atoms with van der Waals surface area (Å²) in [7, 11) is 0. The molecule has 3 heterocycles. The second kappa shape index (κ2) is 10.4. The number of aromatic amines is 1. The van der Waals surface area contributed by atoms with Crippen LogP contribution in [0.3, 0.4) is 0 Å². The first kappa shape index (κ1) is 24.8. The smallest absolute Gasteiger partial charge is 0.272 e. The van der Waals surface area contributed by atoms with Gasteiger partial charge in [-0.1, -0.05) is 6.07 Å². The molecule has 200 valence electrons. The van der Waals surface area contributed by atoms with Crippen molar-refractivity contribution in [3.63, 3.8) is 0 Å². The van der Waals surface area contributed by atoms with Crippen LogP contribution in [0.4, 0.5) is 10.2 Å². The number of H-pyrrole nitrogens is 1. The normalized spacial score (nSPS) is 15.8. The van der Waals surface area contributed by atoms with Gasteiger partial charge >= 0.3 is 0 Å². The fourth-order valence-electron chi connectivity index (χ4n) is 5.00. The van der Waals surface area contributed by atoms with E-state index in [1.807, 2.05) is 11.0 Å². The van der Waals surface area contributed by atoms with Crippen molar-refractivity contribution in [3.8, 4) is 11.5 Å². The monoisotopic (exact) mass is 529 g/mol. The number of pyridine rings is 1. The lowest BCUT2D eigenvalue weighted by Gasteiger charge is -2.35. The van der Waals surface area contributed by atoms with E-state index in [-0.39, 0.29) is 28.9 Å².